The highest BCUT2D eigenvalue weighted by molar-refractivity contribution is 5.87. The summed E-state index contributed by atoms with van der Waals surface area (Å²) in [5.41, 5.74) is 0. The van der Waals surface area contributed by atoms with Crippen LogP contribution in [0.15, 0.2) is 0 Å². The fraction of sp³-hybridized carbons (Fsp3) is 0.905. The van der Waals surface area contributed by atoms with Gasteiger partial charge in [-0.2, -0.15) is 0 Å². The molecule has 0 aromatic carbocycles. The van der Waals surface area contributed by atoms with Gasteiger partial charge in [0.05, 0.1) is 52.2 Å². The molecule has 0 aliphatic rings. The molecular weight excluding hydrogens is 374 g/mol. The monoisotopic (exact) mass is 423 g/mol. The number of amides is 1. The van der Waals surface area contributed by atoms with E-state index in [-0.39, 0.29) is 33.0 Å². The van der Waals surface area contributed by atoms with E-state index in [2.05, 4.69) is 24.5 Å². The minimum atomic E-state index is -0.288. The number of likely N-dealkylation sites (N-methyl/N-ethyl adjacent to an activating group) is 2. The molecule has 0 saturated carbocycles. The maximum atomic E-state index is 12.3. The van der Waals surface area contributed by atoms with E-state index in [1.807, 2.05) is 32.8 Å². The first-order valence-corrected chi connectivity index (χ1v) is 10.7. The number of carbonyl (C=O) groups excluding carboxylic acids is 2. The highest BCUT2D eigenvalue weighted by Gasteiger charge is 2.26. The van der Waals surface area contributed by atoms with Crippen LogP contribution in [0.2, 0.25) is 0 Å². The van der Waals surface area contributed by atoms with Crippen LogP contribution in [0.4, 0.5) is 0 Å². The van der Waals surface area contributed by atoms with Crippen LogP contribution in [0.25, 0.3) is 0 Å². The maximum Gasteiger partial charge on any atom is 0.237 e. The average molecular weight is 424 g/mol. The lowest BCUT2D eigenvalue weighted by molar-refractivity contribution is -0.129. The van der Waals surface area contributed by atoms with Gasteiger partial charge in [0.15, 0.2) is 0 Å². The van der Waals surface area contributed by atoms with Crippen LogP contribution in [0.1, 0.15) is 43.9 Å². The Morgan fingerprint density at radius 3 is 1.90 bits per heavy atom. The summed E-state index contributed by atoms with van der Waals surface area (Å²) in [4.78, 5) is 25.2. The molecule has 0 aromatic rings. The number of ketones is 1. The van der Waals surface area contributed by atoms with E-state index < -0.39 is 0 Å². The Hall–Kier alpha value is -1.06. The van der Waals surface area contributed by atoms with Gasteiger partial charge in [0, 0.05) is 15.9 Å². The molecule has 0 aliphatic heterocycles. The first-order valence-electron chi connectivity index (χ1n) is 10.7. The summed E-state index contributed by atoms with van der Waals surface area (Å²) in [6.07, 6.45) is 1.25. The van der Waals surface area contributed by atoms with Gasteiger partial charge >= 0.3 is 0 Å². The summed E-state index contributed by atoms with van der Waals surface area (Å²) in [5, 5.41) is 5.69. The highest BCUT2D eigenvalue weighted by Crippen LogP contribution is 2.09. The standard InChI is InChI=1S/C18H37N3O5.C3H8.2H2/c1-15(2)17(18(23)20-14-16(3)22)21(5)7-9-25-11-13-26-12-10-24-8-6-19-4;1-3-2;;/h15,17,19H,6-14H2,1-5H3,(H,20,23);3H2,1-2H3;2*1H/t17-;;;/m0.../s1. The Bertz CT molecular complexity index is 405. The van der Waals surface area contributed by atoms with E-state index in [1.165, 1.54) is 13.3 Å². The maximum absolute atomic E-state index is 12.3. The molecule has 0 fully saturated rings. The van der Waals surface area contributed by atoms with E-state index in [4.69, 9.17) is 14.2 Å². The predicted octanol–water partition coefficient (Wildman–Crippen LogP) is 1.83. The van der Waals surface area contributed by atoms with Gasteiger partial charge in [-0.15, -0.1) is 0 Å². The van der Waals surface area contributed by atoms with Gasteiger partial charge in [0.2, 0.25) is 5.91 Å². The molecular formula is C21H49N3O5. The Balaban J connectivity index is -0.000000685. The topological polar surface area (TPSA) is 89.1 Å². The van der Waals surface area contributed by atoms with Crippen molar-refractivity contribution in [2.45, 2.75) is 47.1 Å². The summed E-state index contributed by atoms with van der Waals surface area (Å²) in [6.45, 7) is 14.6. The smallest absolute Gasteiger partial charge is 0.237 e. The normalized spacial score (nSPS) is 11.9. The first-order chi connectivity index (χ1) is 13.8. The van der Waals surface area contributed by atoms with Crippen LogP contribution in [-0.4, -0.2) is 96.0 Å². The third-order valence-corrected chi connectivity index (χ3v) is 3.72. The number of nitrogens with one attached hydrogen (secondary N) is 2. The van der Waals surface area contributed by atoms with Gasteiger partial charge in [-0.3, -0.25) is 14.5 Å². The summed E-state index contributed by atoms with van der Waals surface area (Å²) < 4.78 is 16.3. The van der Waals surface area contributed by atoms with Crippen LogP contribution < -0.4 is 10.6 Å². The van der Waals surface area contributed by atoms with Crippen LogP contribution >= 0.6 is 0 Å². The van der Waals surface area contributed by atoms with Crippen LogP contribution in [-0.2, 0) is 23.8 Å². The van der Waals surface area contributed by atoms with Crippen molar-refractivity contribution >= 4 is 11.7 Å². The predicted molar refractivity (Wildman–Crippen MR) is 122 cm³/mol. The molecule has 8 nitrogen and oxygen atoms in total. The molecule has 1 atom stereocenters. The highest BCUT2D eigenvalue weighted by atomic mass is 16.5. The fourth-order valence-electron chi connectivity index (χ4n) is 2.39. The lowest BCUT2D eigenvalue weighted by Gasteiger charge is -2.29. The minimum Gasteiger partial charge on any atom is -0.378 e. The summed E-state index contributed by atoms with van der Waals surface area (Å²) in [7, 11) is 3.77. The minimum absolute atomic E-state index is 0. The van der Waals surface area contributed by atoms with Gasteiger partial charge in [0.25, 0.3) is 0 Å². The number of rotatable bonds is 17. The molecule has 0 aliphatic carbocycles. The molecule has 1 amide bonds. The molecule has 0 aromatic heterocycles. The number of hydrogen-bond acceptors (Lipinski definition) is 7. The molecule has 0 unspecified atom stereocenters. The molecule has 178 valence electrons. The zero-order valence-electron chi connectivity index (χ0n) is 19.7. The van der Waals surface area contributed by atoms with E-state index in [1.54, 1.807) is 0 Å². The molecule has 2 N–H and O–H groups in total. The quantitative estimate of drug-likeness (QED) is 0.345. The van der Waals surface area contributed by atoms with E-state index >= 15 is 0 Å². The van der Waals surface area contributed by atoms with E-state index in [9.17, 15) is 9.59 Å². The second-order valence-corrected chi connectivity index (χ2v) is 7.24. The largest absolute Gasteiger partial charge is 0.378 e. The molecule has 0 saturated heterocycles. The lowest BCUT2D eigenvalue weighted by atomic mass is 10.0. The molecule has 0 heterocycles. The SMILES string of the molecule is CCC.CNCCOCCOCCOCCN(C)[C@H](C(=O)NCC(C)=O)C(C)C.[HH].[HH]. The van der Waals surface area contributed by atoms with Gasteiger partial charge in [-0.05, 0) is 26.9 Å². The zero-order valence-corrected chi connectivity index (χ0v) is 19.7. The first kappa shape index (κ1) is 30.1. The van der Waals surface area contributed by atoms with Gasteiger partial charge < -0.3 is 24.8 Å². The molecule has 29 heavy (non-hydrogen) atoms. The zero-order chi connectivity index (χ0) is 22.5. The van der Waals surface area contributed by atoms with Crippen molar-refractivity contribution in [3.8, 4) is 0 Å². The lowest BCUT2D eigenvalue weighted by Crippen LogP contribution is -2.50. The second kappa shape index (κ2) is 21.6. The van der Waals surface area contributed by atoms with Gasteiger partial charge in [-0.25, -0.2) is 0 Å². The number of carbonyl (C=O) groups is 2. The summed E-state index contributed by atoms with van der Waals surface area (Å²) >= 11 is 0. The van der Waals surface area contributed by atoms with Crippen molar-refractivity contribution in [1.82, 2.24) is 15.5 Å². The third kappa shape index (κ3) is 20.0. The van der Waals surface area contributed by atoms with Crippen molar-refractivity contribution in [2.75, 3.05) is 73.4 Å². The van der Waals surface area contributed by atoms with Gasteiger partial charge in [-0.1, -0.05) is 34.1 Å². The second-order valence-electron chi connectivity index (χ2n) is 7.24. The Morgan fingerprint density at radius 2 is 1.45 bits per heavy atom. The number of nitrogens with zero attached hydrogens (tertiary/aromatic N) is 1. The Labute approximate surface area is 181 Å². The van der Waals surface area contributed by atoms with Crippen molar-refractivity contribution in [1.29, 1.82) is 0 Å². The number of ether oxygens (including phenoxy) is 3. The number of Topliss-reactive ketones (excluding diaryl/α,β-unsaturated/α-hetero) is 1. The third-order valence-electron chi connectivity index (χ3n) is 3.72. The van der Waals surface area contributed by atoms with Crippen molar-refractivity contribution in [2.24, 2.45) is 5.92 Å². The van der Waals surface area contributed by atoms with Crippen molar-refractivity contribution in [3.63, 3.8) is 0 Å². The van der Waals surface area contributed by atoms with Crippen molar-refractivity contribution in [3.05, 3.63) is 0 Å². The van der Waals surface area contributed by atoms with Crippen molar-refractivity contribution < 1.29 is 26.7 Å². The van der Waals surface area contributed by atoms with E-state index in [0.717, 1.165) is 6.54 Å². The van der Waals surface area contributed by atoms with Crippen LogP contribution in [0.3, 0.4) is 0 Å². The van der Waals surface area contributed by atoms with Gasteiger partial charge in [0.1, 0.15) is 5.78 Å². The molecule has 0 spiro atoms. The summed E-state index contributed by atoms with van der Waals surface area (Å²) in [5.74, 6) is -0.0446. The number of hydrogen-bond donors (Lipinski definition) is 2. The van der Waals surface area contributed by atoms with E-state index in [0.29, 0.717) is 46.2 Å². The molecule has 0 radical (unpaired) electrons. The molecule has 8 heteroatoms. The summed E-state index contributed by atoms with van der Waals surface area (Å²) in [6, 6.07) is -0.288. The Morgan fingerprint density at radius 1 is 0.966 bits per heavy atom. The fourth-order valence-corrected chi connectivity index (χ4v) is 2.39. The molecule has 0 bridgehead atoms. The van der Waals surface area contributed by atoms with Crippen LogP contribution in [0, 0.1) is 5.92 Å². The molecule has 0 rings (SSSR count). The van der Waals surface area contributed by atoms with Crippen LogP contribution in [0.5, 0.6) is 0 Å². The Kier molecular flexibility index (Phi) is 22.5. The average Bonchev–Trinajstić information content (AvgIpc) is 2.65.